The summed E-state index contributed by atoms with van der Waals surface area (Å²) in [5.41, 5.74) is -0.995. The van der Waals surface area contributed by atoms with Crippen molar-refractivity contribution in [2.75, 3.05) is 0 Å². The molecule has 1 aromatic carbocycles. The second-order valence-electron chi connectivity index (χ2n) is 4.60. The van der Waals surface area contributed by atoms with Gasteiger partial charge < -0.3 is 10.4 Å². The van der Waals surface area contributed by atoms with Gasteiger partial charge in [-0.05, 0) is 25.5 Å². The standard InChI is InChI=1S/C13H14N2O5/c1-13(2,12(17)18)14-11(16)7-6-9-4-3-5-10(8-9)15(19)20/h3-8H,1-2H3,(H,14,16)(H,17,18). The molecule has 1 amide bonds. The average Bonchev–Trinajstić information content (AvgIpc) is 2.36. The molecule has 1 rings (SSSR count). The zero-order valence-electron chi connectivity index (χ0n) is 11.0. The predicted molar refractivity (Wildman–Crippen MR) is 72.0 cm³/mol. The quantitative estimate of drug-likeness (QED) is 0.483. The van der Waals surface area contributed by atoms with Crippen LogP contribution in [0.25, 0.3) is 6.08 Å². The average molecular weight is 278 g/mol. The SMILES string of the molecule is CC(C)(NC(=O)C=Cc1cccc([N+](=O)[O-])c1)C(=O)O. The van der Waals surface area contributed by atoms with Crippen molar-refractivity contribution in [2.24, 2.45) is 0 Å². The van der Waals surface area contributed by atoms with Crippen molar-refractivity contribution in [3.05, 3.63) is 46.0 Å². The zero-order valence-corrected chi connectivity index (χ0v) is 11.0. The number of nitrogens with zero attached hydrogens (tertiary/aromatic N) is 1. The van der Waals surface area contributed by atoms with E-state index < -0.39 is 22.3 Å². The molecule has 0 fully saturated rings. The highest BCUT2D eigenvalue weighted by atomic mass is 16.6. The molecule has 0 aliphatic rings. The lowest BCUT2D eigenvalue weighted by Crippen LogP contribution is -2.49. The van der Waals surface area contributed by atoms with E-state index in [1.165, 1.54) is 38.1 Å². The van der Waals surface area contributed by atoms with E-state index in [9.17, 15) is 19.7 Å². The van der Waals surface area contributed by atoms with E-state index in [0.717, 1.165) is 6.08 Å². The second-order valence-corrected chi connectivity index (χ2v) is 4.60. The van der Waals surface area contributed by atoms with E-state index in [2.05, 4.69) is 5.32 Å². The number of nitro groups is 1. The van der Waals surface area contributed by atoms with E-state index in [-0.39, 0.29) is 5.69 Å². The number of nitrogens with one attached hydrogen (secondary N) is 1. The molecule has 0 saturated carbocycles. The van der Waals surface area contributed by atoms with Gasteiger partial charge >= 0.3 is 5.97 Å². The summed E-state index contributed by atoms with van der Waals surface area (Å²) in [5, 5.41) is 21.8. The van der Waals surface area contributed by atoms with Gasteiger partial charge in [0.15, 0.2) is 0 Å². The molecule has 0 aliphatic heterocycles. The lowest BCUT2D eigenvalue weighted by Gasteiger charge is -2.19. The van der Waals surface area contributed by atoms with Crippen molar-refractivity contribution < 1.29 is 19.6 Å². The predicted octanol–water partition coefficient (Wildman–Crippen LogP) is 1.59. The number of carbonyl (C=O) groups excluding carboxylic acids is 1. The largest absolute Gasteiger partial charge is 0.480 e. The van der Waals surface area contributed by atoms with Gasteiger partial charge in [-0.2, -0.15) is 0 Å². The first kappa shape index (κ1) is 15.4. The lowest BCUT2D eigenvalue weighted by atomic mass is 10.1. The van der Waals surface area contributed by atoms with Crippen molar-refractivity contribution in [2.45, 2.75) is 19.4 Å². The number of nitro benzene ring substituents is 1. The molecule has 20 heavy (non-hydrogen) atoms. The van der Waals surface area contributed by atoms with E-state index in [0.29, 0.717) is 5.56 Å². The molecule has 7 nitrogen and oxygen atoms in total. The van der Waals surface area contributed by atoms with Crippen molar-refractivity contribution in [1.82, 2.24) is 5.32 Å². The fourth-order valence-corrected chi connectivity index (χ4v) is 1.32. The smallest absolute Gasteiger partial charge is 0.328 e. The van der Waals surface area contributed by atoms with Crippen molar-refractivity contribution in [3.63, 3.8) is 0 Å². The second kappa shape index (κ2) is 5.96. The van der Waals surface area contributed by atoms with Crippen LogP contribution < -0.4 is 5.32 Å². The summed E-state index contributed by atoms with van der Waals surface area (Å²) in [6, 6.07) is 5.74. The Labute approximate surface area is 115 Å². The van der Waals surface area contributed by atoms with Crippen molar-refractivity contribution >= 4 is 23.6 Å². The Morgan fingerprint density at radius 3 is 2.60 bits per heavy atom. The van der Waals surface area contributed by atoms with Gasteiger partial charge in [0, 0.05) is 18.2 Å². The number of carbonyl (C=O) groups is 2. The van der Waals surface area contributed by atoms with Crippen LogP contribution in [0.1, 0.15) is 19.4 Å². The summed E-state index contributed by atoms with van der Waals surface area (Å²) >= 11 is 0. The van der Waals surface area contributed by atoms with Gasteiger partial charge in [-0.1, -0.05) is 12.1 Å². The van der Waals surface area contributed by atoms with Crippen LogP contribution in [0.15, 0.2) is 30.3 Å². The Balaban J connectivity index is 2.78. The molecule has 0 heterocycles. The van der Waals surface area contributed by atoms with Gasteiger partial charge in [-0.25, -0.2) is 4.79 Å². The minimum atomic E-state index is -1.38. The monoisotopic (exact) mass is 278 g/mol. The highest BCUT2D eigenvalue weighted by Crippen LogP contribution is 2.14. The van der Waals surface area contributed by atoms with Crippen LogP contribution in [-0.4, -0.2) is 27.4 Å². The molecular formula is C13H14N2O5. The first-order valence-electron chi connectivity index (χ1n) is 5.70. The first-order valence-corrected chi connectivity index (χ1v) is 5.70. The minimum Gasteiger partial charge on any atom is -0.480 e. The summed E-state index contributed by atoms with van der Waals surface area (Å²) in [5.74, 6) is -1.75. The van der Waals surface area contributed by atoms with E-state index >= 15 is 0 Å². The van der Waals surface area contributed by atoms with Crippen LogP contribution in [0.2, 0.25) is 0 Å². The summed E-state index contributed by atoms with van der Waals surface area (Å²) in [4.78, 5) is 32.5. The van der Waals surface area contributed by atoms with Crippen LogP contribution in [0.5, 0.6) is 0 Å². The van der Waals surface area contributed by atoms with Crippen LogP contribution in [0.3, 0.4) is 0 Å². The number of carboxylic acid groups (broad SMARTS) is 1. The van der Waals surface area contributed by atoms with Crippen LogP contribution in [-0.2, 0) is 9.59 Å². The van der Waals surface area contributed by atoms with Crippen LogP contribution in [0.4, 0.5) is 5.69 Å². The number of rotatable bonds is 5. The summed E-state index contributed by atoms with van der Waals surface area (Å²) in [6.45, 7) is 2.71. The Morgan fingerprint density at radius 2 is 2.05 bits per heavy atom. The zero-order chi connectivity index (χ0) is 15.3. The van der Waals surface area contributed by atoms with E-state index in [1.807, 2.05) is 0 Å². The maximum atomic E-state index is 11.6. The topological polar surface area (TPSA) is 110 Å². The minimum absolute atomic E-state index is 0.0848. The number of carboxylic acids is 1. The molecule has 0 spiro atoms. The third-order valence-corrected chi connectivity index (χ3v) is 2.48. The Hall–Kier alpha value is -2.70. The molecule has 106 valence electrons. The molecule has 0 aliphatic carbocycles. The number of benzene rings is 1. The maximum Gasteiger partial charge on any atom is 0.328 e. The Bertz CT molecular complexity index is 578. The van der Waals surface area contributed by atoms with Gasteiger partial charge in [0.05, 0.1) is 4.92 Å². The van der Waals surface area contributed by atoms with Crippen molar-refractivity contribution in [1.29, 1.82) is 0 Å². The van der Waals surface area contributed by atoms with Gasteiger partial charge in [0.1, 0.15) is 5.54 Å². The molecule has 0 bridgehead atoms. The summed E-state index contributed by atoms with van der Waals surface area (Å²) in [7, 11) is 0. The molecule has 2 N–H and O–H groups in total. The lowest BCUT2D eigenvalue weighted by molar-refractivity contribution is -0.384. The number of amides is 1. The molecule has 0 unspecified atom stereocenters. The molecule has 1 aromatic rings. The first-order chi connectivity index (χ1) is 9.22. The number of hydrogen-bond donors (Lipinski definition) is 2. The molecular weight excluding hydrogens is 264 g/mol. The Kier molecular flexibility index (Phi) is 4.58. The van der Waals surface area contributed by atoms with Crippen LogP contribution in [0, 0.1) is 10.1 Å². The third-order valence-electron chi connectivity index (χ3n) is 2.48. The highest BCUT2D eigenvalue weighted by molar-refractivity contribution is 5.95. The third kappa shape index (κ3) is 4.20. The van der Waals surface area contributed by atoms with Gasteiger partial charge in [-0.3, -0.25) is 14.9 Å². The molecule has 0 aromatic heterocycles. The van der Waals surface area contributed by atoms with Gasteiger partial charge in [-0.15, -0.1) is 0 Å². The molecule has 0 radical (unpaired) electrons. The molecule has 0 atom stereocenters. The summed E-state index contributed by atoms with van der Waals surface area (Å²) < 4.78 is 0. The molecule has 7 heteroatoms. The fourth-order valence-electron chi connectivity index (χ4n) is 1.32. The van der Waals surface area contributed by atoms with E-state index in [4.69, 9.17) is 5.11 Å². The number of hydrogen-bond acceptors (Lipinski definition) is 4. The maximum absolute atomic E-state index is 11.6. The van der Waals surface area contributed by atoms with Gasteiger partial charge in [0.2, 0.25) is 5.91 Å². The normalized spacial score (nSPS) is 11.3. The number of non-ortho nitro benzene ring substituents is 1. The van der Waals surface area contributed by atoms with E-state index in [1.54, 1.807) is 6.07 Å². The summed E-state index contributed by atoms with van der Waals surface area (Å²) in [6.07, 6.45) is 2.50. The van der Waals surface area contributed by atoms with Gasteiger partial charge in [0.25, 0.3) is 5.69 Å². The van der Waals surface area contributed by atoms with Crippen LogP contribution >= 0.6 is 0 Å². The Morgan fingerprint density at radius 1 is 1.40 bits per heavy atom. The molecule has 0 saturated heterocycles. The van der Waals surface area contributed by atoms with Crippen molar-refractivity contribution in [3.8, 4) is 0 Å². The number of aliphatic carboxylic acids is 1. The highest BCUT2D eigenvalue weighted by Gasteiger charge is 2.27. The fraction of sp³-hybridized carbons (Fsp3) is 0.231.